The monoisotopic (exact) mass is 274 g/mol. The number of aromatic nitrogens is 2. The van der Waals surface area contributed by atoms with Crippen molar-refractivity contribution in [2.75, 3.05) is 0 Å². The van der Waals surface area contributed by atoms with Crippen LogP contribution in [0.2, 0.25) is 0 Å². The molecule has 0 saturated carbocycles. The fourth-order valence-corrected chi connectivity index (χ4v) is 2.27. The molecule has 0 bridgehead atoms. The Labute approximate surface area is 125 Å². The van der Waals surface area contributed by atoms with E-state index >= 15 is 0 Å². The smallest absolute Gasteiger partial charge is 0.0493 e. The van der Waals surface area contributed by atoms with Crippen molar-refractivity contribution in [1.82, 2.24) is 9.78 Å². The van der Waals surface area contributed by atoms with Crippen LogP contribution in [0.1, 0.15) is 22.3 Å². The van der Waals surface area contributed by atoms with E-state index in [4.69, 9.17) is 0 Å². The molecular weight excluding hydrogens is 256 g/mol. The Kier molecular flexibility index (Phi) is 3.69. The number of benzene rings is 2. The van der Waals surface area contributed by atoms with Gasteiger partial charge in [0.25, 0.3) is 0 Å². The molecule has 104 valence electrons. The lowest BCUT2D eigenvalue weighted by molar-refractivity contribution is 0.936. The largest absolute Gasteiger partial charge is 0.248 e. The molecule has 1 aromatic heterocycles. The highest BCUT2D eigenvalue weighted by Gasteiger charge is 2.05. The SMILES string of the molecule is Cc1ccc(C(=Cn2cccn2)c2ccc(C)cc2)cc1. The molecule has 3 rings (SSSR count). The van der Waals surface area contributed by atoms with Crippen LogP contribution in [-0.4, -0.2) is 9.78 Å². The van der Waals surface area contributed by atoms with Crippen molar-refractivity contribution in [2.45, 2.75) is 13.8 Å². The van der Waals surface area contributed by atoms with Crippen LogP contribution in [0, 0.1) is 13.8 Å². The topological polar surface area (TPSA) is 17.8 Å². The van der Waals surface area contributed by atoms with Crippen LogP contribution in [0.3, 0.4) is 0 Å². The molecule has 0 amide bonds. The summed E-state index contributed by atoms with van der Waals surface area (Å²) in [7, 11) is 0. The molecule has 1 heterocycles. The van der Waals surface area contributed by atoms with Crippen LogP contribution in [0.5, 0.6) is 0 Å². The molecule has 3 aromatic rings. The maximum Gasteiger partial charge on any atom is 0.0493 e. The first-order valence-corrected chi connectivity index (χ1v) is 7.07. The van der Waals surface area contributed by atoms with Gasteiger partial charge in [-0.2, -0.15) is 5.10 Å². The van der Waals surface area contributed by atoms with E-state index in [2.05, 4.69) is 73.7 Å². The van der Waals surface area contributed by atoms with Crippen LogP contribution in [0.15, 0.2) is 67.0 Å². The lowest BCUT2D eigenvalue weighted by Gasteiger charge is -2.10. The predicted octanol–water partition coefficient (Wildman–Crippen LogP) is 4.55. The Morgan fingerprint density at radius 3 is 1.81 bits per heavy atom. The van der Waals surface area contributed by atoms with Crippen LogP contribution in [0.4, 0.5) is 0 Å². The maximum atomic E-state index is 4.28. The van der Waals surface area contributed by atoms with Crippen LogP contribution < -0.4 is 0 Å². The molecule has 0 aliphatic rings. The number of hydrogen-bond donors (Lipinski definition) is 0. The average molecular weight is 274 g/mol. The van der Waals surface area contributed by atoms with E-state index in [1.165, 1.54) is 27.8 Å². The summed E-state index contributed by atoms with van der Waals surface area (Å²) in [5.74, 6) is 0. The molecule has 0 aliphatic carbocycles. The summed E-state index contributed by atoms with van der Waals surface area (Å²) in [5, 5.41) is 4.28. The molecule has 2 nitrogen and oxygen atoms in total. The van der Waals surface area contributed by atoms with E-state index in [0.29, 0.717) is 0 Å². The lowest BCUT2D eigenvalue weighted by atomic mass is 9.97. The van der Waals surface area contributed by atoms with E-state index in [-0.39, 0.29) is 0 Å². The van der Waals surface area contributed by atoms with E-state index < -0.39 is 0 Å². The molecule has 0 atom stereocenters. The first-order chi connectivity index (χ1) is 10.2. The maximum absolute atomic E-state index is 4.28. The summed E-state index contributed by atoms with van der Waals surface area (Å²) in [6, 6.07) is 19.1. The molecule has 2 aromatic carbocycles. The van der Waals surface area contributed by atoms with Gasteiger partial charge in [0.2, 0.25) is 0 Å². The zero-order valence-electron chi connectivity index (χ0n) is 12.3. The van der Waals surface area contributed by atoms with Crippen LogP contribution in [0.25, 0.3) is 11.8 Å². The zero-order chi connectivity index (χ0) is 14.7. The fraction of sp³-hybridized carbons (Fsp3) is 0.105. The molecule has 0 radical (unpaired) electrons. The van der Waals surface area contributed by atoms with Crippen molar-refractivity contribution in [3.63, 3.8) is 0 Å². The van der Waals surface area contributed by atoms with Crippen molar-refractivity contribution in [1.29, 1.82) is 0 Å². The third-order valence-electron chi connectivity index (χ3n) is 3.51. The second-order valence-corrected chi connectivity index (χ2v) is 5.26. The third kappa shape index (κ3) is 3.11. The molecule has 0 N–H and O–H groups in total. The summed E-state index contributed by atoms with van der Waals surface area (Å²) >= 11 is 0. The number of rotatable bonds is 3. The first-order valence-electron chi connectivity index (χ1n) is 7.07. The van der Waals surface area contributed by atoms with Gasteiger partial charge in [-0.1, -0.05) is 59.7 Å². The second kappa shape index (κ2) is 5.80. The number of hydrogen-bond acceptors (Lipinski definition) is 1. The molecule has 0 aliphatic heterocycles. The molecule has 2 heteroatoms. The number of aryl methyl sites for hydroxylation is 2. The highest BCUT2D eigenvalue weighted by atomic mass is 15.2. The van der Waals surface area contributed by atoms with Gasteiger partial charge in [-0.3, -0.25) is 0 Å². The van der Waals surface area contributed by atoms with Crippen LogP contribution in [-0.2, 0) is 0 Å². The van der Waals surface area contributed by atoms with E-state index in [0.717, 1.165) is 0 Å². The molecular formula is C19H18N2. The Balaban J connectivity index is 2.10. The van der Waals surface area contributed by atoms with Gasteiger partial charge < -0.3 is 0 Å². The Morgan fingerprint density at radius 1 is 0.857 bits per heavy atom. The highest BCUT2D eigenvalue weighted by molar-refractivity contribution is 5.87. The molecule has 0 saturated heterocycles. The Hall–Kier alpha value is -2.61. The van der Waals surface area contributed by atoms with Gasteiger partial charge in [-0.05, 0) is 31.0 Å². The van der Waals surface area contributed by atoms with Gasteiger partial charge >= 0.3 is 0 Å². The summed E-state index contributed by atoms with van der Waals surface area (Å²) in [4.78, 5) is 0. The van der Waals surface area contributed by atoms with Crippen molar-refractivity contribution < 1.29 is 0 Å². The molecule has 0 unspecified atom stereocenters. The Bertz CT molecular complexity index is 686. The highest BCUT2D eigenvalue weighted by Crippen LogP contribution is 2.25. The van der Waals surface area contributed by atoms with E-state index in [1.54, 1.807) is 6.20 Å². The minimum atomic E-state index is 1.17. The standard InChI is InChI=1S/C19H18N2/c1-15-4-8-17(9-5-15)19(14-21-13-3-12-20-21)18-10-6-16(2)7-11-18/h3-14H,1-2H3. The van der Waals surface area contributed by atoms with Gasteiger partial charge in [0, 0.05) is 24.2 Å². The fourth-order valence-electron chi connectivity index (χ4n) is 2.27. The van der Waals surface area contributed by atoms with Crippen molar-refractivity contribution in [3.05, 3.63) is 89.2 Å². The average Bonchev–Trinajstić information content (AvgIpc) is 3.00. The number of nitrogens with zero attached hydrogens (tertiary/aromatic N) is 2. The summed E-state index contributed by atoms with van der Waals surface area (Å²) in [5.41, 5.74) is 6.08. The van der Waals surface area contributed by atoms with Crippen LogP contribution >= 0.6 is 0 Å². The summed E-state index contributed by atoms with van der Waals surface area (Å²) < 4.78 is 1.84. The van der Waals surface area contributed by atoms with E-state index in [9.17, 15) is 0 Å². The summed E-state index contributed by atoms with van der Waals surface area (Å²) in [6.07, 6.45) is 5.80. The Morgan fingerprint density at radius 2 is 1.38 bits per heavy atom. The van der Waals surface area contributed by atoms with Gasteiger partial charge in [-0.15, -0.1) is 0 Å². The molecule has 0 fully saturated rings. The third-order valence-corrected chi connectivity index (χ3v) is 3.51. The first kappa shape index (κ1) is 13.4. The molecule has 0 spiro atoms. The van der Waals surface area contributed by atoms with Gasteiger partial charge in [0.1, 0.15) is 0 Å². The minimum absolute atomic E-state index is 1.17. The minimum Gasteiger partial charge on any atom is -0.248 e. The predicted molar refractivity (Wildman–Crippen MR) is 87.9 cm³/mol. The zero-order valence-corrected chi connectivity index (χ0v) is 12.3. The lowest BCUT2D eigenvalue weighted by Crippen LogP contribution is -1.93. The van der Waals surface area contributed by atoms with Crippen molar-refractivity contribution >= 4 is 11.8 Å². The van der Waals surface area contributed by atoms with E-state index in [1.807, 2.05) is 16.9 Å². The summed E-state index contributed by atoms with van der Waals surface area (Å²) in [6.45, 7) is 4.21. The molecule has 21 heavy (non-hydrogen) atoms. The van der Waals surface area contributed by atoms with Crippen molar-refractivity contribution in [2.24, 2.45) is 0 Å². The normalized spacial score (nSPS) is 10.4. The van der Waals surface area contributed by atoms with Gasteiger partial charge in [0.05, 0.1) is 0 Å². The second-order valence-electron chi connectivity index (χ2n) is 5.26. The van der Waals surface area contributed by atoms with Gasteiger partial charge in [0.15, 0.2) is 0 Å². The van der Waals surface area contributed by atoms with Gasteiger partial charge in [-0.25, -0.2) is 4.68 Å². The quantitative estimate of drug-likeness (QED) is 0.685. The van der Waals surface area contributed by atoms with Crippen molar-refractivity contribution in [3.8, 4) is 0 Å².